The molecule has 1 fully saturated rings. The van der Waals surface area contributed by atoms with Crippen LogP contribution in [0.4, 0.5) is 11.4 Å². The first-order chi connectivity index (χ1) is 10.8. The number of nitrogens with one attached hydrogen (secondary N) is 1. The molecule has 1 N–H and O–H groups in total. The van der Waals surface area contributed by atoms with Crippen molar-refractivity contribution in [1.29, 1.82) is 0 Å². The summed E-state index contributed by atoms with van der Waals surface area (Å²) in [5, 5.41) is 14.4. The number of nitro groups is 1. The third-order valence-electron chi connectivity index (χ3n) is 4.60. The number of benzene rings is 1. The Kier molecular flexibility index (Phi) is 3.55. The van der Waals surface area contributed by atoms with Crippen LogP contribution in [0.15, 0.2) is 16.9 Å². The second-order valence-electron chi connectivity index (χ2n) is 6.01. The molecule has 1 unspecified atom stereocenters. The molecular weight excluding hydrogens is 320 g/mol. The molecule has 1 aromatic heterocycles. The van der Waals surface area contributed by atoms with Crippen LogP contribution >= 0.6 is 0 Å². The number of aromatic nitrogens is 2. The van der Waals surface area contributed by atoms with Gasteiger partial charge in [0.25, 0.3) is 5.69 Å². The molecule has 0 aliphatic heterocycles. The predicted octanol–water partition coefficient (Wildman–Crippen LogP) is 1.11. The molecule has 23 heavy (non-hydrogen) atoms. The van der Waals surface area contributed by atoms with Crippen molar-refractivity contribution in [2.45, 2.75) is 17.6 Å². The molecule has 0 radical (unpaired) electrons. The van der Waals surface area contributed by atoms with Crippen LogP contribution in [0.1, 0.15) is 12.8 Å². The van der Waals surface area contributed by atoms with Gasteiger partial charge in [0.05, 0.1) is 20.7 Å². The van der Waals surface area contributed by atoms with Crippen molar-refractivity contribution in [3.05, 3.63) is 32.7 Å². The van der Waals surface area contributed by atoms with Gasteiger partial charge in [0.2, 0.25) is 0 Å². The number of hydrogen-bond donors (Lipinski definition) is 1. The average molecular weight is 338 g/mol. The Morgan fingerprint density at radius 3 is 2.35 bits per heavy atom. The van der Waals surface area contributed by atoms with Crippen molar-refractivity contribution < 1.29 is 9.13 Å². The first-order valence-electron chi connectivity index (χ1n) is 7.18. The summed E-state index contributed by atoms with van der Waals surface area (Å²) in [6.07, 6.45) is 3.36. The number of anilines is 1. The molecule has 3 rings (SSSR count). The minimum Gasteiger partial charge on any atom is -0.378 e. The molecule has 1 aliphatic rings. The number of aryl methyl sites for hydroxylation is 2. The van der Waals surface area contributed by atoms with Gasteiger partial charge in [-0.05, 0) is 18.9 Å². The SMILES string of the molecule is Cn1c(=O)n(C)c2cc([N+](=O)[O-])c(NCC3(S(C)=O)CC3)cc21. The van der Waals surface area contributed by atoms with Crippen LogP contribution in [0.5, 0.6) is 0 Å². The Morgan fingerprint density at radius 1 is 1.30 bits per heavy atom. The molecular formula is C14H18N4O4S. The van der Waals surface area contributed by atoms with Crippen LogP contribution in [-0.4, -0.2) is 35.8 Å². The fourth-order valence-electron chi connectivity index (χ4n) is 2.79. The summed E-state index contributed by atoms with van der Waals surface area (Å²) in [6.45, 7) is 0.420. The number of imidazole rings is 1. The van der Waals surface area contributed by atoms with E-state index in [2.05, 4.69) is 5.32 Å². The van der Waals surface area contributed by atoms with Gasteiger partial charge in [-0.3, -0.25) is 23.5 Å². The highest BCUT2D eigenvalue weighted by Crippen LogP contribution is 2.41. The zero-order valence-corrected chi connectivity index (χ0v) is 14.0. The van der Waals surface area contributed by atoms with Gasteiger partial charge in [0.1, 0.15) is 5.69 Å². The topological polar surface area (TPSA) is 99.2 Å². The summed E-state index contributed by atoms with van der Waals surface area (Å²) in [5.41, 5.74) is 1.15. The summed E-state index contributed by atoms with van der Waals surface area (Å²) in [5.74, 6) is 0. The lowest BCUT2D eigenvalue weighted by Crippen LogP contribution is -2.26. The Balaban J connectivity index is 2.06. The monoisotopic (exact) mass is 338 g/mol. The van der Waals surface area contributed by atoms with Crippen molar-refractivity contribution in [1.82, 2.24) is 9.13 Å². The number of rotatable bonds is 5. The van der Waals surface area contributed by atoms with Gasteiger partial charge in [0, 0.05) is 43.8 Å². The maximum atomic E-state index is 12.0. The van der Waals surface area contributed by atoms with Gasteiger partial charge in [-0.1, -0.05) is 0 Å². The minimum absolute atomic E-state index is 0.0867. The number of fused-ring (bicyclic) bond motifs is 1. The highest BCUT2D eigenvalue weighted by Gasteiger charge is 2.46. The standard InChI is InChI=1S/C14H18N4O4S/c1-16-11-6-9(15-8-14(4-5-14)23(3)22)10(18(20)21)7-12(11)17(2)13(16)19/h6-7,15H,4-5,8H2,1-3H3. The van der Waals surface area contributed by atoms with E-state index >= 15 is 0 Å². The maximum Gasteiger partial charge on any atom is 0.328 e. The summed E-state index contributed by atoms with van der Waals surface area (Å²) in [6, 6.07) is 3.02. The van der Waals surface area contributed by atoms with Gasteiger partial charge in [-0.25, -0.2) is 4.79 Å². The second-order valence-corrected chi connectivity index (χ2v) is 7.78. The van der Waals surface area contributed by atoms with Crippen molar-refractivity contribution in [2.75, 3.05) is 18.1 Å². The zero-order valence-electron chi connectivity index (χ0n) is 13.2. The van der Waals surface area contributed by atoms with Gasteiger partial charge >= 0.3 is 5.69 Å². The summed E-state index contributed by atoms with van der Waals surface area (Å²) < 4.78 is 14.3. The minimum atomic E-state index is -0.979. The van der Waals surface area contributed by atoms with E-state index in [9.17, 15) is 19.1 Å². The number of nitrogens with zero attached hydrogens (tertiary/aromatic N) is 3. The molecule has 0 bridgehead atoms. The molecule has 1 atom stereocenters. The highest BCUT2D eigenvalue weighted by molar-refractivity contribution is 7.86. The zero-order chi connectivity index (χ0) is 16.9. The molecule has 0 spiro atoms. The van der Waals surface area contributed by atoms with Crippen molar-refractivity contribution >= 4 is 33.2 Å². The normalized spacial score (nSPS) is 17.2. The Hall–Kier alpha value is -2.16. The van der Waals surface area contributed by atoms with Gasteiger partial charge in [0.15, 0.2) is 0 Å². The second kappa shape index (κ2) is 5.19. The van der Waals surface area contributed by atoms with Crippen LogP contribution in [0.2, 0.25) is 0 Å². The summed E-state index contributed by atoms with van der Waals surface area (Å²) in [7, 11) is 2.23. The van der Waals surface area contributed by atoms with E-state index in [0.717, 1.165) is 12.8 Å². The number of nitro benzene ring substituents is 1. The van der Waals surface area contributed by atoms with E-state index in [4.69, 9.17) is 0 Å². The van der Waals surface area contributed by atoms with E-state index in [0.29, 0.717) is 23.3 Å². The van der Waals surface area contributed by atoms with Gasteiger partial charge < -0.3 is 5.32 Å². The molecule has 9 heteroatoms. The molecule has 8 nitrogen and oxygen atoms in total. The lowest BCUT2D eigenvalue weighted by atomic mass is 10.2. The summed E-state index contributed by atoms with van der Waals surface area (Å²) >= 11 is 0. The third-order valence-corrected chi connectivity index (χ3v) is 6.38. The molecule has 0 saturated heterocycles. The molecule has 1 aromatic carbocycles. The lowest BCUT2D eigenvalue weighted by molar-refractivity contribution is -0.383. The van der Waals surface area contributed by atoms with E-state index in [1.165, 1.54) is 15.2 Å². The smallest absolute Gasteiger partial charge is 0.328 e. The van der Waals surface area contributed by atoms with Gasteiger partial charge in [-0.15, -0.1) is 0 Å². The lowest BCUT2D eigenvalue weighted by Gasteiger charge is -2.14. The van der Waals surface area contributed by atoms with Crippen molar-refractivity contribution in [3.8, 4) is 0 Å². The van der Waals surface area contributed by atoms with Crippen molar-refractivity contribution in [3.63, 3.8) is 0 Å². The van der Waals surface area contributed by atoms with Crippen LogP contribution in [0, 0.1) is 10.1 Å². The van der Waals surface area contributed by atoms with E-state index < -0.39 is 15.7 Å². The maximum absolute atomic E-state index is 12.0. The first kappa shape index (κ1) is 15.7. The third kappa shape index (κ3) is 2.44. The Labute approximate surface area is 134 Å². The average Bonchev–Trinajstić information content (AvgIpc) is 3.27. The largest absolute Gasteiger partial charge is 0.378 e. The van der Waals surface area contributed by atoms with E-state index in [1.54, 1.807) is 26.4 Å². The predicted molar refractivity (Wildman–Crippen MR) is 89.3 cm³/mol. The quantitative estimate of drug-likeness (QED) is 0.650. The molecule has 2 aromatic rings. The van der Waals surface area contributed by atoms with Crippen LogP contribution in [0.3, 0.4) is 0 Å². The van der Waals surface area contributed by atoms with Gasteiger partial charge in [-0.2, -0.15) is 0 Å². The molecule has 0 amide bonds. The molecule has 1 aliphatic carbocycles. The van der Waals surface area contributed by atoms with E-state index in [-0.39, 0.29) is 16.1 Å². The highest BCUT2D eigenvalue weighted by atomic mass is 32.2. The Morgan fingerprint density at radius 2 is 1.87 bits per heavy atom. The van der Waals surface area contributed by atoms with Crippen LogP contribution in [-0.2, 0) is 24.9 Å². The molecule has 124 valence electrons. The number of hydrogen-bond acceptors (Lipinski definition) is 5. The summed E-state index contributed by atoms with van der Waals surface area (Å²) in [4.78, 5) is 22.9. The molecule has 1 saturated carbocycles. The van der Waals surface area contributed by atoms with Crippen LogP contribution < -0.4 is 11.0 Å². The van der Waals surface area contributed by atoms with E-state index in [1.807, 2.05) is 0 Å². The molecule has 1 heterocycles. The first-order valence-corrected chi connectivity index (χ1v) is 8.74. The fraction of sp³-hybridized carbons (Fsp3) is 0.500. The van der Waals surface area contributed by atoms with Crippen molar-refractivity contribution in [2.24, 2.45) is 14.1 Å². The van der Waals surface area contributed by atoms with Crippen LogP contribution in [0.25, 0.3) is 11.0 Å². The Bertz CT molecular complexity index is 894. The fourth-order valence-corrected chi connectivity index (χ4v) is 3.74.